The van der Waals surface area contributed by atoms with Crippen LogP contribution in [0.3, 0.4) is 0 Å². The maximum Gasteiger partial charge on any atom is 0.154 e. The molecule has 1 heterocycles. The zero-order valence-corrected chi connectivity index (χ0v) is 19.0. The molecule has 0 aliphatic carbocycles. The van der Waals surface area contributed by atoms with Crippen LogP contribution in [0.5, 0.6) is 0 Å². The normalized spacial score (nSPS) is 14.8. The minimum absolute atomic E-state index is 0.146. The molecule has 1 aromatic rings. The Labute approximate surface area is 158 Å². The monoisotopic (exact) mass is 682 g/mol. The van der Waals surface area contributed by atoms with Crippen molar-refractivity contribution in [3.05, 3.63) is 18.0 Å². The molecular formula is C7H4Br7N3. The van der Waals surface area contributed by atoms with Crippen LogP contribution in [-0.2, 0) is 6.42 Å². The summed E-state index contributed by atoms with van der Waals surface area (Å²) in [5, 5.41) is 0. The molecule has 0 radical (unpaired) electrons. The molecule has 96 valence electrons. The maximum atomic E-state index is 4.38. The molecule has 3 nitrogen and oxygen atoms in total. The Balaban J connectivity index is 2.94. The first-order valence-electron chi connectivity index (χ1n) is 4.05. The van der Waals surface area contributed by atoms with Crippen molar-refractivity contribution in [2.75, 3.05) is 0 Å². The minimum Gasteiger partial charge on any atom is -0.221 e. The molecule has 0 amide bonds. The quantitative estimate of drug-likeness (QED) is 0.384. The second-order valence-electron chi connectivity index (χ2n) is 2.96. The molecule has 1 aromatic heterocycles. The molecule has 0 bridgehead atoms. The van der Waals surface area contributed by atoms with Gasteiger partial charge in [0.1, 0.15) is 24.9 Å². The van der Waals surface area contributed by atoms with E-state index in [0.29, 0.717) is 18.1 Å². The Morgan fingerprint density at radius 1 is 1.06 bits per heavy atom. The standard InChI is InChI=1S/C7H4Br7N3/c8-4(7(12,13)14)5-16-2-15-3(17-5)1-6(9,10)11/h2,4H,1H2. The number of halogens is 7. The first-order chi connectivity index (χ1) is 7.59. The van der Waals surface area contributed by atoms with Crippen molar-refractivity contribution in [2.24, 2.45) is 0 Å². The van der Waals surface area contributed by atoms with Gasteiger partial charge in [-0.2, -0.15) is 0 Å². The average molecular weight is 689 g/mol. The third-order valence-corrected chi connectivity index (χ3v) is 6.67. The first-order valence-corrected chi connectivity index (χ1v) is 9.72. The van der Waals surface area contributed by atoms with Crippen LogP contribution in [0.15, 0.2) is 6.33 Å². The second kappa shape index (κ2) is 6.89. The van der Waals surface area contributed by atoms with Crippen molar-refractivity contribution in [3.8, 4) is 0 Å². The lowest BCUT2D eigenvalue weighted by Crippen LogP contribution is -2.16. The molecule has 0 N–H and O–H groups in total. The summed E-state index contributed by atoms with van der Waals surface area (Å²) in [5.41, 5.74) is 0. The lowest BCUT2D eigenvalue weighted by molar-refractivity contribution is 0.809. The van der Waals surface area contributed by atoms with E-state index in [1.807, 2.05) is 0 Å². The fourth-order valence-electron chi connectivity index (χ4n) is 0.878. The van der Waals surface area contributed by atoms with Crippen molar-refractivity contribution in [1.29, 1.82) is 0 Å². The summed E-state index contributed by atoms with van der Waals surface area (Å²) in [7, 11) is 0. The smallest absolute Gasteiger partial charge is 0.154 e. The Bertz CT molecular complexity index is 386. The molecule has 0 fully saturated rings. The Kier molecular flexibility index (Phi) is 7.06. The van der Waals surface area contributed by atoms with Crippen LogP contribution < -0.4 is 0 Å². The van der Waals surface area contributed by atoms with Gasteiger partial charge in [0.25, 0.3) is 0 Å². The molecule has 0 saturated heterocycles. The number of alkyl halides is 7. The summed E-state index contributed by atoms with van der Waals surface area (Å²) in [6.45, 7) is 0. The van der Waals surface area contributed by atoms with Gasteiger partial charge in [-0.15, -0.1) is 0 Å². The van der Waals surface area contributed by atoms with Gasteiger partial charge in [-0.25, -0.2) is 15.0 Å². The number of rotatable bonds is 2. The predicted octanol–water partition coefficient (Wildman–Crippen LogP) is 5.53. The van der Waals surface area contributed by atoms with E-state index in [1.165, 1.54) is 6.33 Å². The van der Waals surface area contributed by atoms with Gasteiger partial charge in [0.2, 0.25) is 0 Å². The molecule has 0 aromatic carbocycles. The zero-order valence-electron chi connectivity index (χ0n) is 7.85. The van der Waals surface area contributed by atoms with Gasteiger partial charge in [0, 0.05) is 6.42 Å². The summed E-state index contributed by atoms with van der Waals surface area (Å²) in [6, 6.07) is 0. The lowest BCUT2D eigenvalue weighted by atomic mass is 10.4. The molecule has 0 aliphatic rings. The Morgan fingerprint density at radius 2 is 1.65 bits per heavy atom. The minimum atomic E-state index is -0.500. The van der Waals surface area contributed by atoms with Crippen LogP contribution >= 0.6 is 112 Å². The van der Waals surface area contributed by atoms with Crippen LogP contribution in [0.2, 0.25) is 0 Å². The van der Waals surface area contributed by atoms with Crippen molar-refractivity contribution >= 4 is 112 Å². The van der Waals surface area contributed by atoms with Gasteiger partial charge in [0.05, 0.1) is 0 Å². The van der Waals surface area contributed by atoms with E-state index in [-0.39, 0.29) is 4.83 Å². The SMILES string of the molecule is BrC(c1ncnc(CC(Br)(Br)Br)n1)C(Br)(Br)Br. The first kappa shape index (κ1) is 17.4. The highest BCUT2D eigenvalue weighted by Gasteiger charge is 2.32. The number of hydrogen-bond donors (Lipinski definition) is 0. The van der Waals surface area contributed by atoms with E-state index < -0.39 is 4.29 Å². The van der Waals surface area contributed by atoms with Gasteiger partial charge in [-0.1, -0.05) is 112 Å². The van der Waals surface area contributed by atoms with Crippen molar-refractivity contribution in [1.82, 2.24) is 15.0 Å². The molecule has 0 saturated carbocycles. The summed E-state index contributed by atoms with van der Waals surface area (Å²) in [5.74, 6) is 1.29. The highest BCUT2D eigenvalue weighted by molar-refractivity contribution is 9.40. The van der Waals surface area contributed by atoms with Gasteiger partial charge in [-0.3, -0.25) is 0 Å². The van der Waals surface area contributed by atoms with Crippen LogP contribution in [0.25, 0.3) is 0 Å². The fourth-order valence-corrected chi connectivity index (χ4v) is 2.46. The van der Waals surface area contributed by atoms with Crippen LogP contribution in [-0.4, -0.2) is 19.2 Å². The molecule has 0 aliphatic heterocycles. The second-order valence-corrected chi connectivity index (χ2v) is 18.1. The van der Waals surface area contributed by atoms with E-state index in [2.05, 4.69) is 126 Å². The van der Waals surface area contributed by atoms with Crippen LogP contribution in [0, 0.1) is 0 Å². The van der Waals surface area contributed by atoms with E-state index in [0.717, 1.165) is 0 Å². The molecule has 1 rings (SSSR count). The predicted molar refractivity (Wildman–Crippen MR) is 94.2 cm³/mol. The van der Waals surface area contributed by atoms with Gasteiger partial charge >= 0.3 is 0 Å². The van der Waals surface area contributed by atoms with E-state index >= 15 is 0 Å². The molecular weight excluding hydrogens is 685 g/mol. The van der Waals surface area contributed by atoms with Gasteiger partial charge in [0.15, 0.2) is 2.14 Å². The third kappa shape index (κ3) is 6.57. The average Bonchev–Trinajstić information content (AvgIpc) is 2.12. The topological polar surface area (TPSA) is 38.7 Å². The highest BCUT2D eigenvalue weighted by atomic mass is 80.0. The Morgan fingerprint density at radius 3 is 2.12 bits per heavy atom. The Hall–Kier alpha value is 2.37. The third-order valence-electron chi connectivity index (χ3n) is 1.51. The fraction of sp³-hybridized carbons (Fsp3) is 0.571. The van der Waals surface area contributed by atoms with E-state index in [4.69, 9.17) is 0 Å². The van der Waals surface area contributed by atoms with E-state index in [1.54, 1.807) is 0 Å². The highest BCUT2D eigenvalue weighted by Crippen LogP contribution is 2.48. The number of nitrogens with zero attached hydrogens (tertiary/aromatic N) is 3. The van der Waals surface area contributed by atoms with Crippen LogP contribution in [0.4, 0.5) is 0 Å². The molecule has 10 heteroatoms. The van der Waals surface area contributed by atoms with E-state index in [9.17, 15) is 0 Å². The number of hydrogen-bond acceptors (Lipinski definition) is 3. The zero-order chi connectivity index (χ0) is 13.3. The molecule has 1 unspecified atom stereocenters. The maximum absolute atomic E-state index is 4.38. The van der Waals surface area contributed by atoms with Crippen LogP contribution in [0.1, 0.15) is 16.5 Å². The molecule has 1 atom stereocenters. The summed E-state index contributed by atoms with van der Waals surface area (Å²) in [4.78, 5) is 12.5. The number of aromatic nitrogens is 3. The van der Waals surface area contributed by atoms with Gasteiger partial charge in [-0.05, 0) is 0 Å². The van der Waals surface area contributed by atoms with Gasteiger partial charge < -0.3 is 0 Å². The van der Waals surface area contributed by atoms with Crippen molar-refractivity contribution < 1.29 is 0 Å². The van der Waals surface area contributed by atoms with Crippen molar-refractivity contribution in [2.45, 2.75) is 15.5 Å². The van der Waals surface area contributed by atoms with Crippen molar-refractivity contribution in [3.63, 3.8) is 0 Å². The molecule has 17 heavy (non-hydrogen) atoms. The summed E-state index contributed by atoms with van der Waals surface area (Å²) in [6.07, 6.45) is 2.06. The molecule has 0 spiro atoms. The summed E-state index contributed by atoms with van der Waals surface area (Å²) >= 11 is 24.0. The summed E-state index contributed by atoms with van der Waals surface area (Å²) < 4.78 is -0.901. The largest absolute Gasteiger partial charge is 0.221 e. The lowest BCUT2D eigenvalue weighted by Gasteiger charge is -2.18.